The van der Waals surface area contributed by atoms with Crippen molar-refractivity contribution in [1.82, 2.24) is 4.90 Å². The number of amides is 1. The maximum absolute atomic E-state index is 11.7. The smallest absolute Gasteiger partial charge is 0.281 e. The van der Waals surface area contributed by atoms with Crippen molar-refractivity contribution >= 4 is 28.6 Å². The first-order valence-electron chi connectivity index (χ1n) is 5.42. The Morgan fingerprint density at radius 2 is 1.88 bits per heavy atom. The summed E-state index contributed by atoms with van der Waals surface area (Å²) >= 11 is 7.17. The second kappa shape index (κ2) is 5.60. The zero-order chi connectivity index (χ0) is 11.4. The minimum Gasteiger partial charge on any atom is -0.334 e. The third-order valence-electron chi connectivity index (χ3n) is 2.64. The van der Waals surface area contributed by atoms with Gasteiger partial charge in [0.25, 0.3) is 5.24 Å². The second-order valence-electron chi connectivity index (χ2n) is 3.88. The van der Waals surface area contributed by atoms with Gasteiger partial charge in [-0.2, -0.15) is 0 Å². The Morgan fingerprint density at radius 3 is 2.50 bits per heavy atom. The van der Waals surface area contributed by atoms with Crippen LogP contribution in [-0.2, 0) is 5.75 Å². The first kappa shape index (κ1) is 11.8. The molecular weight excluding hydrogens is 242 g/mol. The van der Waals surface area contributed by atoms with E-state index in [0.29, 0.717) is 0 Å². The van der Waals surface area contributed by atoms with E-state index in [0.717, 1.165) is 42.3 Å². The zero-order valence-corrected chi connectivity index (χ0v) is 10.6. The van der Waals surface area contributed by atoms with Crippen LogP contribution in [0.5, 0.6) is 0 Å². The molecule has 1 aromatic carbocycles. The number of halogens is 1. The summed E-state index contributed by atoms with van der Waals surface area (Å²) in [5, 5.41) is 0.937. The van der Waals surface area contributed by atoms with E-state index >= 15 is 0 Å². The number of likely N-dealkylation sites (tertiary alicyclic amines) is 1. The van der Waals surface area contributed by atoms with Crippen molar-refractivity contribution < 1.29 is 4.79 Å². The van der Waals surface area contributed by atoms with Crippen molar-refractivity contribution in [2.24, 2.45) is 0 Å². The standard InChI is InChI=1S/C12H14ClNOS/c13-11-5-3-10(4-6-11)9-16-12(15)14-7-1-2-8-14/h3-6H,1-2,7-9H2. The Bertz CT molecular complexity index is 360. The van der Waals surface area contributed by atoms with Crippen LogP contribution in [0.1, 0.15) is 18.4 Å². The molecule has 0 radical (unpaired) electrons. The van der Waals surface area contributed by atoms with Crippen molar-refractivity contribution in [1.29, 1.82) is 0 Å². The first-order valence-corrected chi connectivity index (χ1v) is 6.78. The minimum atomic E-state index is 0.201. The summed E-state index contributed by atoms with van der Waals surface area (Å²) in [6.45, 7) is 1.85. The third kappa shape index (κ3) is 3.16. The van der Waals surface area contributed by atoms with Gasteiger partial charge in [-0.15, -0.1) is 0 Å². The van der Waals surface area contributed by atoms with Crippen LogP contribution in [0.2, 0.25) is 5.02 Å². The topological polar surface area (TPSA) is 20.3 Å². The van der Waals surface area contributed by atoms with E-state index in [-0.39, 0.29) is 5.24 Å². The summed E-state index contributed by atoms with van der Waals surface area (Å²) in [5.41, 5.74) is 1.14. The van der Waals surface area contributed by atoms with E-state index in [9.17, 15) is 4.79 Å². The maximum atomic E-state index is 11.7. The fraction of sp³-hybridized carbons (Fsp3) is 0.417. The highest BCUT2D eigenvalue weighted by Gasteiger charge is 2.17. The Labute approximate surface area is 105 Å². The molecule has 0 saturated carbocycles. The van der Waals surface area contributed by atoms with Crippen LogP contribution in [0.4, 0.5) is 4.79 Å². The van der Waals surface area contributed by atoms with E-state index < -0.39 is 0 Å². The summed E-state index contributed by atoms with van der Waals surface area (Å²) in [6.07, 6.45) is 2.29. The Hall–Kier alpha value is -0.670. The van der Waals surface area contributed by atoms with E-state index in [1.54, 1.807) is 0 Å². The molecule has 0 aliphatic carbocycles. The number of hydrogen-bond donors (Lipinski definition) is 0. The van der Waals surface area contributed by atoms with Gasteiger partial charge in [0.15, 0.2) is 0 Å². The molecule has 1 aromatic rings. The fourth-order valence-corrected chi connectivity index (χ4v) is 2.69. The lowest BCUT2D eigenvalue weighted by atomic mass is 10.2. The van der Waals surface area contributed by atoms with Gasteiger partial charge in [-0.3, -0.25) is 4.79 Å². The molecule has 2 nitrogen and oxygen atoms in total. The Kier molecular flexibility index (Phi) is 4.13. The lowest BCUT2D eigenvalue weighted by Crippen LogP contribution is -2.23. The van der Waals surface area contributed by atoms with Crippen LogP contribution < -0.4 is 0 Å². The van der Waals surface area contributed by atoms with Crippen LogP contribution in [0, 0.1) is 0 Å². The van der Waals surface area contributed by atoms with Crippen molar-refractivity contribution in [3.63, 3.8) is 0 Å². The van der Waals surface area contributed by atoms with Gasteiger partial charge in [-0.05, 0) is 30.5 Å². The van der Waals surface area contributed by atoms with Gasteiger partial charge in [0, 0.05) is 23.9 Å². The Balaban J connectivity index is 1.82. The van der Waals surface area contributed by atoms with Crippen molar-refractivity contribution in [2.45, 2.75) is 18.6 Å². The molecular formula is C12H14ClNOS. The molecule has 16 heavy (non-hydrogen) atoms. The molecule has 1 amide bonds. The van der Waals surface area contributed by atoms with Crippen molar-refractivity contribution in [3.05, 3.63) is 34.9 Å². The summed E-state index contributed by atoms with van der Waals surface area (Å²) in [7, 11) is 0. The van der Waals surface area contributed by atoms with Gasteiger partial charge >= 0.3 is 0 Å². The van der Waals surface area contributed by atoms with Gasteiger partial charge in [0.2, 0.25) is 0 Å². The van der Waals surface area contributed by atoms with Gasteiger partial charge < -0.3 is 4.90 Å². The number of carbonyl (C=O) groups is 1. The van der Waals surface area contributed by atoms with E-state index in [2.05, 4.69) is 0 Å². The maximum Gasteiger partial charge on any atom is 0.281 e. The molecule has 1 aliphatic rings. The van der Waals surface area contributed by atoms with Crippen LogP contribution in [0.25, 0.3) is 0 Å². The van der Waals surface area contributed by atoms with E-state index in [4.69, 9.17) is 11.6 Å². The fourth-order valence-electron chi connectivity index (χ4n) is 1.72. The highest BCUT2D eigenvalue weighted by Crippen LogP contribution is 2.20. The average Bonchev–Trinajstić information content (AvgIpc) is 2.81. The minimum absolute atomic E-state index is 0.201. The SMILES string of the molecule is O=C(SCc1ccc(Cl)cc1)N1CCCC1. The molecule has 1 heterocycles. The highest BCUT2D eigenvalue weighted by atomic mass is 35.5. The molecule has 1 fully saturated rings. The first-order chi connectivity index (χ1) is 7.75. The second-order valence-corrected chi connectivity index (χ2v) is 5.24. The van der Waals surface area contributed by atoms with E-state index in [1.807, 2.05) is 29.2 Å². The average molecular weight is 256 g/mol. The number of benzene rings is 1. The van der Waals surface area contributed by atoms with E-state index in [1.165, 1.54) is 11.8 Å². The summed E-state index contributed by atoms with van der Waals surface area (Å²) in [5.74, 6) is 0.729. The number of hydrogen-bond acceptors (Lipinski definition) is 2. The van der Waals surface area contributed by atoms with Crippen molar-refractivity contribution in [2.75, 3.05) is 13.1 Å². The lowest BCUT2D eigenvalue weighted by Gasteiger charge is -2.13. The van der Waals surface area contributed by atoms with Crippen LogP contribution in [0.3, 0.4) is 0 Å². The molecule has 0 aromatic heterocycles. The zero-order valence-electron chi connectivity index (χ0n) is 8.99. The van der Waals surface area contributed by atoms with Gasteiger partial charge in [-0.25, -0.2) is 0 Å². The molecule has 4 heteroatoms. The quantitative estimate of drug-likeness (QED) is 0.801. The predicted octanol–water partition coefficient (Wildman–Crippen LogP) is 3.79. The Morgan fingerprint density at radius 1 is 1.25 bits per heavy atom. The molecule has 2 rings (SSSR count). The van der Waals surface area contributed by atoms with Gasteiger partial charge in [0.1, 0.15) is 0 Å². The number of carbonyl (C=O) groups excluding carboxylic acids is 1. The summed E-state index contributed by atoms with van der Waals surface area (Å²) in [4.78, 5) is 13.7. The molecule has 0 bridgehead atoms. The molecule has 0 spiro atoms. The van der Waals surface area contributed by atoms with Gasteiger partial charge in [0.05, 0.1) is 0 Å². The van der Waals surface area contributed by atoms with Crippen LogP contribution >= 0.6 is 23.4 Å². The summed E-state index contributed by atoms with van der Waals surface area (Å²) < 4.78 is 0. The number of nitrogens with zero attached hydrogens (tertiary/aromatic N) is 1. The number of thioether (sulfide) groups is 1. The monoisotopic (exact) mass is 255 g/mol. The van der Waals surface area contributed by atoms with Crippen molar-refractivity contribution in [3.8, 4) is 0 Å². The highest BCUT2D eigenvalue weighted by molar-refractivity contribution is 8.12. The number of rotatable bonds is 2. The lowest BCUT2D eigenvalue weighted by molar-refractivity contribution is 0.233. The predicted molar refractivity (Wildman–Crippen MR) is 69.0 cm³/mol. The molecule has 0 atom stereocenters. The normalized spacial score (nSPS) is 15.4. The summed E-state index contributed by atoms with van der Waals surface area (Å²) in [6, 6.07) is 7.65. The molecule has 1 aliphatic heterocycles. The molecule has 0 unspecified atom stereocenters. The van der Waals surface area contributed by atoms with Crippen LogP contribution in [-0.4, -0.2) is 23.2 Å². The molecule has 0 N–H and O–H groups in total. The third-order valence-corrected chi connectivity index (χ3v) is 3.87. The molecule has 86 valence electrons. The van der Waals surface area contributed by atoms with Crippen LogP contribution in [0.15, 0.2) is 24.3 Å². The largest absolute Gasteiger partial charge is 0.334 e. The van der Waals surface area contributed by atoms with Gasteiger partial charge in [-0.1, -0.05) is 35.5 Å². The molecule has 1 saturated heterocycles.